The minimum absolute atomic E-state index is 0.0228. The van der Waals surface area contributed by atoms with Gasteiger partial charge in [0.15, 0.2) is 5.82 Å². The second kappa shape index (κ2) is 6.83. The predicted octanol–water partition coefficient (Wildman–Crippen LogP) is 2.86. The zero-order valence-corrected chi connectivity index (χ0v) is 14.8. The second-order valence-corrected chi connectivity index (χ2v) is 6.68. The number of phenolic OH excluding ortho intramolecular Hbond substituents is 1. The van der Waals surface area contributed by atoms with Crippen LogP contribution in [0.2, 0.25) is 0 Å². The molecule has 138 valence electrons. The van der Waals surface area contributed by atoms with Crippen LogP contribution < -0.4 is 10.2 Å². The molecule has 1 atom stereocenters. The highest BCUT2D eigenvalue weighted by molar-refractivity contribution is 5.91. The molecular weight excluding hydrogens is 347 g/mol. The molecule has 6 nitrogen and oxygen atoms in total. The predicted molar refractivity (Wildman–Crippen MR) is 101 cm³/mol. The minimum Gasteiger partial charge on any atom is -0.507 e. The average Bonchev–Trinajstić information content (AvgIpc) is 3.09. The van der Waals surface area contributed by atoms with Crippen molar-refractivity contribution in [2.45, 2.75) is 19.4 Å². The standard InChI is InChI=1S/C20H19FN4O2/c1-12(26)22-14-8-9-25(11-14)20-16-10-13(21)6-7-17(16)23-19(24-20)15-4-2-3-5-18(15)27/h2-7,10,14,27H,8-9,11H2,1H3,(H,22,26). The van der Waals surface area contributed by atoms with Crippen molar-refractivity contribution >= 4 is 22.6 Å². The van der Waals surface area contributed by atoms with Crippen molar-refractivity contribution in [2.24, 2.45) is 0 Å². The van der Waals surface area contributed by atoms with Gasteiger partial charge in [0.25, 0.3) is 0 Å². The largest absolute Gasteiger partial charge is 0.507 e. The Morgan fingerprint density at radius 2 is 2.07 bits per heavy atom. The van der Waals surface area contributed by atoms with E-state index < -0.39 is 0 Å². The van der Waals surface area contributed by atoms with E-state index in [9.17, 15) is 14.3 Å². The zero-order chi connectivity index (χ0) is 19.0. The lowest BCUT2D eigenvalue weighted by Gasteiger charge is -2.20. The van der Waals surface area contributed by atoms with E-state index in [0.717, 1.165) is 6.42 Å². The number of amides is 1. The third kappa shape index (κ3) is 3.40. The first-order valence-electron chi connectivity index (χ1n) is 8.79. The molecule has 1 amide bonds. The fourth-order valence-electron chi connectivity index (χ4n) is 3.47. The number of aromatic hydroxyl groups is 1. The number of hydrogen-bond donors (Lipinski definition) is 2. The van der Waals surface area contributed by atoms with Gasteiger partial charge in [0.05, 0.1) is 11.1 Å². The van der Waals surface area contributed by atoms with Crippen molar-refractivity contribution in [2.75, 3.05) is 18.0 Å². The van der Waals surface area contributed by atoms with Gasteiger partial charge in [-0.1, -0.05) is 12.1 Å². The van der Waals surface area contributed by atoms with Gasteiger partial charge < -0.3 is 15.3 Å². The first-order valence-corrected chi connectivity index (χ1v) is 8.79. The first-order chi connectivity index (χ1) is 13.0. The molecule has 0 aliphatic carbocycles. The fraction of sp³-hybridized carbons (Fsp3) is 0.250. The number of fused-ring (bicyclic) bond motifs is 1. The summed E-state index contributed by atoms with van der Waals surface area (Å²) in [5.74, 6) is 0.633. The summed E-state index contributed by atoms with van der Waals surface area (Å²) in [5.41, 5.74) is 1.12. The number of halogens is 1. The molecule has 0 spiro atoms. The van der Waals surface area contributed by atoms with Gasteiger partial charge in [0, 0.05) is 31.4 Å². The number of para-hydroxylation sites is 1. The molecule has 1 aromatic heterocycles. The van der Waals surface area contributed by atoms with Gasteiger partial charge in [-0.25, -0.2) is 14.4 Å². The number of hydrogen-bond acceptors (Lipinski definition) is 5. The van der Waals surface area contributed by atoms with Crippen molar-refractivity contribution in [3.63, 3.8) is 0 Å². The monoisotopic (exact) mass is 366 g/mol. The molecule has 1 aliphatic rings. The Morgan fingerprint density at radius 1 is 1.26 bits per heavy atom. The SMILES string of the molecule is CC(=O)NC1CCN(c2nc(-c3ccccc3O)nc3ccc(F)cc23)C1. The number of carbonyl (C=O) groups is 1. The lowest BCUT2D eigenvalue weighted by molar-refractivity contribution is -0.119. The molecule has 1 fully saturated rings. The fourth-order valence-corrected chi connectivity index (χ4v) is 3.47. The molecule has 7 heteroatoms. The summed E-state index contributed by atoms with van der Waals surface area (Å²) in [4.78, 5) is 22.5. The summed E-state index contributed by atoms with van der Waals surface area (Å²) in [7, 11) is 0. The van der Waals surface area contributed by atoms with E-state index in [0.29, 0.717) is 41.2 Å². The molecule has 0 saturated carbocycles. The summed E-state index contributed by atoms with van der Waals surface area (Å²) in [6, 6.07) is 11.3. The van der Waals surface area contributed by atoms with Crippen molar-refractivity contribution in [3.8, 4) is 17.1 Å². The summed E-state index contributed by atoms with van der Waals surface area (Å²) in [5, 5.41) is 13.7. The Kier molecular flexibility index (Phi) is 4.35. The number of carbonyl (C=O) groups excluding carboxylic acids is 1. The second-order valence-electron chi connectivity index (χ2n) is 6.68. The molecule has 0 radical (unpaired) electrons. The molecular formula is C20H19FN4O2. The maximum absolute atomic E-state index is 13.9. The maximum atomic E-state index is 13.9. The number of aromatic nitrogens is 2. The van der Waals surface area contributed by atoms with Crippen LogP contribution in [0.25, 0.3) is 22.3 Å². The number of benzene rings is 2. The quantitative estimate of drug-likeness (QED) is 0.745. The Bertz CT molecular complexity index is 1020. The summed E-state index contributed by atoms with van der Waals surface area (Å²) in [6.07, 6.45) is 0.784. The van der Waals surface area contributed by atoms with Crippen LogP contribution in [0.3, 0.4) is 0 Å². The van der Waals surface area contributed by atoms with Crippen molar-refractivity contribution in [3.05, 3.63) is 48.3 Å². The first kappa shape index (κ1) is 17.2. The van der Waals surface area contributed by atoms with E-state index in [1.165, 1.54) is 19.1 Å². The number of anilines is 1. The normalized spacial score (nSPS) is 16.7. The Hall–Kier alpha value is -3.22. The summed E-state index contributed by atoms with van der Waals surface area (Å²) in [6.45, 7) is 2.77. The highest BCUT2D eigenvalue weighted by Crippen LogP contribution is 2.33. The third-order valence-electron chi connectivity index (χ3n) is 4.68. The molecule has 1 unspecified atom stereocenters. The summed E-state index contributed by atoms with van der Waals surface area (Å²) >= 11 is 0. The molecule has 2 aromatic carbocycles. The molecule has 0 bridgehead atoms. The molecule has 1 aliphatic heterocycles. The Labute approximate surface area is 155 Å². The van der Waals surface area contributed by atoms with Gasteiger partial charge in [-0.2, -0.15) is 0 Å². The van der Waals surface area contributed by atoms with Gasteiger partial charge in [-0.3, -0.25) is 4.79 Å². The maximum Gasteiger partial charge on any atom is 0.217 e. The lowest BCUT2D eigenvalue weighted by atomic mass is 10.1. The Balaban J connectivity index is 1.82. The van der Waals surface area contributed by atoms with E-state index in [4.69, 9.17) is 0 Å². The highest BCUT2D eigenvalue weighted by Gasteiger charge is 2.26. The smallest absolute Gasteiger partial charge is 0.217 e. The highest BCUT2D eigenvalue weighted by atomic mass is 19.1. The number of rotatable bonds is 3. The van der Waals surface area contributed by atoms with Crippen molar-refractivity contribution in [1.29, 1.82) is 0 Å². The van der Waals surface area contributed by atoms with Gasteiger partial charge in [0.1, 0.15) is 17.4 Å². The minimum atomic E-state index is -0.361. The van der Waals surface area contributed by atoms with Crippen LogP contribution in [0.4, 0.5) is 10.2 Å². The molecule has 4 rings (SSSR count). The number of phenols is 1. The van der Waals surface area contributed by atoms with Crippen LogP contribution in [0.15, 0.2) is 42.5 Å². The van der Waals surface area contributed by atoms with E-state index >= 15 is 0 Å². The number of nitrogens with one attached hydrogen (secondary N) is 1. The van der Waals surface area contributed by atoms with Gasteiger partial charge in [-0.15, -0.1) is 0 Å². The van der Waals surface area contributed by atoms with Crippen molar-refractivity contribution < 1.29 is 14.3 Å². The van der Waals surface area contributed by atoms with Crippen LogP contribution in [0.1, 0.15) is 13.3 Å². The van der Waals surface area contributed by atoms with E-state index in [2.05, 4.69) is 15.3 Å². The van der Waals surface area contributed by atoms with Crippen LogP contribution in [0, 0.1) is 5.82 Å². The average molecular weight is 366 g/mol. The van der Waals surface area contributed by atoms with Crippen LogP contribution in [-0.2, 0) is 4.79 Å². The van der Waals surface area contributed by atoms with E-state index in [1.807, 2.05) is 4.90 Å². The van der Waals surface area contributed by atoms with Gasteiger partial charge in [-0.05, 0) is 36.8 Å². The topological polar surface area (TPSA) is 78.4 Å². The summed E-state index contributed by atoms with van der Waals surface area (Å²) < 4.78 is 13.9. The third-order valence-corrected chi connectivity index (χ3v) is 4.68. The zero-order valence-electron chi connectivity index (χ0n) is 14.8. The van der Waals surface area contributed by atoms with Gasteiger partial charge >= 0.3 is 0 Å². The van der Waals surface area contributed by atoms with Crippen LogP contribution in [0.5, 0.6) is 5.75 Å². The van der Waals surface area contributed by atoms with Gasteiger partial charge in [0.2, 0.25) is 5.91 Å². The Morgan fingerprint density at radius 3 is 2.85 bits per heavy atom. The van der Waals surface area contributed by atoms with Crippen LogP contribution >= 0.6 is 0 Å². The molecule has 2 heterocycles. The van der Waals surface area contributed by atoms with Crippen LogP contribution in [-0.4, -0.2) is 40.1 Å². The van der Waals surface area contributed by atoms with E-state index in [-0.39, 0.29) is 23.5 Å². The molecule has 27 heavy (non-hydrogen) atoms. The lowest BCUT2D eigenvalue weighted by Crippen LogP contribution is -2.35. The van der Waals surface area contributed by atoms with Crippen molar-refractivity contribution in [1.82, 2.24) is 15.3 Å². The van der Waals surface area contributed by atoms with E-state index in [1.54, 1.807) is 30.3 Å². The number of nitrogens with zero attached hydrogens (tertiary/aromatic N) is 3. The molecule has 2 N–H and O–H groups in total. The molecule has 3 aromatic rings. The molecule has 1 saturated heterocycles.